The number of carbonyl (C=O) groups is 2. The normalized spacial score (nSPS) is 12.1. The average Bonchev–Trinajstić information content (AvgIpc) is 2.52. The number of aliphatic carboxylic acids is 1. The van der Waals surface area contributed by atoms with Crippen LogP contribution in [-0.2, 0) is 21.0 Å². The topological polar surface area (TPSA) is 84.9 Å². The van der Waals surface area contributed by atoms with Crippen molar-refractivity contribution in [1.29, 1.82) is 0 Å². The van der Waals surface area contributed by atoms with Gasteiger partial charge in [-0.05, 0) is 22.3 Å². The molecular weight excluding hydrogens is 298 g/mol. The Morgan fingerprint density at radius 1 is 1.13 bits per heavy atom. The van der Waals surface area contributed by atoms with Gasteiger partial charge in [-0.1, -0.05) is 56.3 Å². The predicted molar refractivity (Wildman–Crippen MR) is 84.6 cm³/mol. The van der Waals surface area contributed by atoms with Crippen LogP contribution in [0.4, 0.5) is 4.79 Å². The Morgan fingerprint density at radius 3 is 2.52 bits per heavy atom. The van der Waals surface area contributed by atoms with Gasteiger partial charge in [-0.25, -0.2) is 9.59 Å². The molecule has 0 radical (unpaired) electrons. The van der Waals surface area contributed by atoms with Crippen molar-refractivity contribution >= 4 is 22.8 Å². The van der Waals surface area contributed by atoms with E-state index >= 15 is 0 Å². The van der Waals surface area contributed by atoms with Crippen molar-refractivity contribution in [2.24, 2.45) is 5.92 Å². The van der Waals surface area contributed by atoms with E-state index in [2.05, 4.69) is 0 Å². The Kier molecular flexibility index (Phi) is 5.54. The second-order valence-corrected chi connectivity index (χ2v) is 5.44. The van der Waals surface area contributed by atoms with Crippen LogP contribution in [0.15, 0.2) is 42.5 Å². The molecule has 1 atom stereocenters. The summed E-state index contributed by atoms with van der Waals surface area (Å²) in [6, 6.07) is 13.5. The van der Waals surface area contributed by atoms with Crippen LogP contribution in [0.2, 0.25) is 0 Å². The molecule has 0 fully saturated rings. The van der Waals surface area contributed by atoms with Gasteiger partial charge in [0.15, 0.2) is 6.10 Å². The third-order valence-corrected chi connectivity index (χ3v) is 3.36. The number of fused-ring (bicyclic) bond motifs is 1. The van der Waals surface area contributed by atoms with E-state index in [1.165, 1.54) is 0 Å². The van der Waals surface area contributed by atoms with Crippen LogP contribution in [0, 0.1) is 5.92 Å². The van der Waals surface area contributed by atoms with Gasteiger partial charge < -0.3 is 9.84 Å². The first-order chi connectivity index (χ1) is 11.0. The smallest absolute Gasteiger partial charge is 0.431 e. The second kappa shape index (κ2) is 7.60. The van der Waals surface area contributed by atoms with Crippen molar-refractivity contribution in [3.05, 3.63) is 48.0 Å². The summed E-state index contributed by atoms with van der Waals surface area (Å²) in [6.07, 6.45) is -1.95. The molecule has 0 aliphatic heterocycles. The molecule has 0 spiro atoms. The van der Waals surface area contributed by atoms with Gasteiger partial charge >= 0.3 is 12.1 Å². The van der Waals surface area contributed by atoms with Crippen LogP contribution >= 0.6 is 0 Å². The summed E-state index contributed by atoms with van der Waals surface area (Å²) in [5.41, 5.74) is 2.88. The fourth-order valence-electron chi connectivity index (χ4n) is 2.17. The van der Waals surface area contributed by atoms with Gasteiger partial charge in [0.25, 0.3) is 0 Å². The SMILES string of the molecule is CC(C)[C@@H](ONC(=O)OCc1cccc2ccccc12)C(=O)O. The number of hydrogen-bond acceptors (Lipinski definition) is 4. The Hall–Kier alpha value is -2.60. The third-order valence-electron chi connectivity index (χ3n) is 3.36. The quantitative estimate of drug-likeness (QED) is 0.800. The molecular formula is C17H19NO5. The van der Waals surface area contributed by atoms with E-state index in [0.717, 1.165) is 16.3 Å². The van der Waals surface area contributed by atoms with E-state index < -0.39 is 18.2 Å². The molecule has 6 nitrogen and oxygen atoms in total. The van der Waals surface area contributed by atoms with Crippen molar-refractivity contribution in [2.75, 3.05) is 0 Å². The fraction of sp³-hybridized carbons (Fsp3) is 0.294. The zero-order chi connectivity index (χ0) is 16.8. The van der Waals surface area contributed by atoms with Gasteiger partial charge in [0.1, 0.15) is 6.61 Å². The molecule has 0 saturated carbocycles. The zero-order valence-electron chi connectivity index (χ0n) is 13.0. The number of ether oxygens (including phenoxy) is 1. The van der Waals surface area contributed by atoms with Gasteiger partial charge in [0.2, 0.25) is 0 Å². The number of hydroxylamine groups is 1. The van der Waals surface area contributed by atoms with Crippen LogP contribution < -0.4 is 5.48 Å². The third kappa shape index (κ3) is 4.43. The van der Waals surface area contributed by atoms with Gasteiger partial charge in [-0.3, -0.25) is 4.84 Å². The Balaban J connectivity index is 1.92. The van der Waals surface area contributed by atoms with Crippen molar-refractivity contribution in [3.8, 4) is 0 Å². The molecule has 1 amide bonds. The molecule has 122 valence electrons. The summed E-state index contributed by atoms with van der Waals surface area (Å²) >= 11 is 0. The molecule has 2 aromatic rings. The molecule has 2 aromatic carbocycles. The molecule has 0 aliphatic carbocycles. The van der Waals surface area contributed by atoms with Crippen molar-refractivity contribution in [3.63, 3.8) is 0 Å². The molecule has 0 unspecified atom stereocenters. The number of carboxylic acid groups (broad SMARTS) is 1. The monoisotopic (exact) mass is 317 g/mol. The minimum Gasteiger partial charge on any atom is -0.479 e. The molecule has 0 saturated heterocycles. The summed E-state index contributed by atoms with van der Waals surface area (Å²) in [5.74, 6) is -1.43. The highest BCUT2D eigenvalue weighted by Gasteiger charge is 2.23. The summed E-state index contributed by atoms with van der Waals surface area (Å²) in [7, 11) is 0. The minimum atomic E-state index is -1.14. The highest BCUT2D eigenvalue weighted by molar-refractivity contribution is 5.85. The molecule has 2 rings (SSSR count). The van der Waals surface area contributed by atoms with Crippen LogP contribution in [0.3, 0.4) is 0 Å². The largest absolute Gasteiger partial charge is 0.479 e. The first-order valence-electron chi connectivity index (χ1n) is 7.27. The second-order valence-electron chi connectivity index (χ2n) is 5.44. The van der Waals surface area contributed by atoms with Crippen molar-refractivity contribution in [2.45, 2.75) is 26.6 Å². The molecule has 0 heterocycles. The Labute approximate surface area is 134 Å². The van der Waals surface area contributed by atoms with Crippen LogP contribution in [0.1, 0.15) is 19.4 Å². The number of carboxylic acids is 1. The average molecular weight is 317 g/mol. The van der Waals surface area contributed by atoms with E-state index in [4.69, 9.17) is 14.7 Å². The van der Waals surface area contributed by atoms with Crippen LogP contribution in [0.25, 0.3) is 10.8 Å². The maximum absolute atomic E-state index is 11.7. The van der Waals surface area contributed by atoms with Crippen molar-refractivity contribution in [1.82, 2.24) is 5.48 Å². The fourth-order valence-corrected chi connectivity index (χ4v) is 2.17. The lowest BCUT2D eigenvalue weighted by Gasteiger charge is -2.16. The number of rotatable bonds is 6. The molecule has 6 heteroatoms. The maximum atomic E-state index is 11.7. The lowest BCUT2D eigenvalue weighted by atomic mass is 10.1. The van der Waals surface area contributed by atoms with E-state index in [9.17, 15) is 9.59 Å². The van der Waals surface area contributed by atoms with Crippen molar-refractivity contribution < 1.29 is 24.3 Å². The molecule has 0 aromatic heterocycles. The minimum absolute atomic E-state index is 0.0654. The highest BCUT2D eigenvalue weighted by Crippen LogP contribution is 2.19. The lowest BCUT2D eigenvalue weighted by molar-refractivity contribution is -0.158. The van der Waals surface area contributed by atoms with Crippen LogP contribution in [0.5, 0.6) is 0 Å². The number of hydrogen-bond donors (Lipinski definition) is 2. The van der Waals surface area contributed by atoms with E-state index in [1.54, 1.807) is 13.8 Å². The number of benzene rings is 2. The van der Waals surface area contributed by atoms with Crippen LogP contribution in [-0.4, -0.2) is 23.3 Å². The Bertz CT molecular complexity index is 693. The lowest BCUT2D eigenvalue weighted by Crippen LogP contribution is -2.37. The summed E-state index contributed by atoms with van der Waals surface area (Å²) in [5, 5.41) is 11.0. The zero-order valence-corrected chi connectivity index (χ0v) is 13.0. The van der Waals surface area contributed by atoms with Gasteiger partial charge in [-0.2, -0.15) is 5.48 Å². The first kappa shape index (κ1) is 16.8. The Morgan fingerprint density at radius 2 is 1.83 bits per heavy atom. The summed E-state index contributed by atoms with van der Waals surface area (Å²) in [4.78, 5) is 27.5. The summed E-state index contributed by atoms with van der Waals surface area (Å²) < 4.78 is 5.08. The molecule has 23 heavy (non-hydrogen) atoms. The van der Waals surface area contributed by atoms with Gasteiger partial charge in [0, 0.05) is 0 Å². The highest BCUT2D eigenvalue weighted by atomic mass is 16.7. The summed E-state index contributed by atoms with van der Waals surface area (Å²) in [6.45, 7) is 3.43. The van der Waals surface area contributed by atoms with Gasteiger partial charge in [-0.15, -0.1) is 0 Å². The van der Waals surface area contributed by atoms with E-state index in [-0.39, 0.29) is 12.5 Å². The maximum Gasteiger partial charge on any atom is 0.431 e. The van der Waals surface area contributed by atoms with E-state index in [0.29, 0.717) is 0 Å². The molecule has 2 N–H and O–H groups in total. The number of nitrogens with one attached hydrogen (secondary N) is 1. The first-order valence-corrected chi connectivity index (χ1v) is 7.27. The van der Waals surface area contributed by atoms with E-state index in [1.807, 2.05) is 47.9 Å². The number of amides is 1. The molecule has 0 aliphatic rings. The predicted octanol–water partition coefficient (Wildman–Crippen LogP) is 3.11. The van der Waals surface area contributed by atoms with Gasteiger partial charge in [0.05, 0.1) is 0 Å². The standard InChI is InChI=1S/C17H19NO5/c1-11(2)15(16(19)20)23-18-17(21)22-10-13-8-5-7-12-6-3-4-9-14(12)13/h3-9,11,15H,10H2,1-2H3,(H,18,21)(H,19,20)/t15-/m1/s1. The molecule has 0 bridgehead atoms. The number of carbonyl (C=O) groups excluding carboxylic acids is 1.